The van der Waals surface area contributed by atoms with Gasteiger partial charge in [-0.05, 0) is 46.3 Å². The van der Waals surface area contributed by atoms with E-state index in [4.69, 9.17) is 17.3 Å². The lowest BCUT2D eigenvalue weighted by molar-refractivity contribution is 0.628. The van der Waals surface area contributed by atoms with Crippen molar-refractivity contribution in [3.8, 4) is 0 Å². The van der Waals surface area contributed by atoms with Gasteiger partial charge in [0.25, 0.3) is 0 Å². The summed E-state index contributed by atoms with van der Waals surface area (Å²) in [4.78, 5) is 4.02. The van der Waals surface area contributed by atoms with Crippen LogP contribution in [0, 0.1) is 5.82 Å². The van der Waals surface area contributed by atoms with Crippen molar-refractivity contribution in [2.24, 2.45) is 0 Å². The average Bonchev–Trinajstić information content (AvgIpc) is 2.28. The largest absolute Gasteiger partial charge is 0.396 e. The lowest BCUT2D eigenvalue weighted by Gasteiger charge is -2.10. The zero-order valence-electron chi connectivity index (χ0n) is 8.55. The highest BCUT2D eigenvalue weighted by Gasteiger charge is 2.06. The molecule has 0 aliphatic heterocycles. The summed E-state index contributed by atoms with van der Waals surface area (Å²) in [6.45, 7) is 0. The molecule has 1 heterocycles. The van der Waals surface area contributed by atoms with Gasteiger partial charge in [0.05, 0.1) is 11.4 Å². The van der Waals surface area contributed by atoms with E-state index in [9.17, 15) is 4.39 Å². The summed E-state index contributed by atoms with van der Waals surface area (Å²) in [5.41, 5.74) is 6.70. The summed E-state index contributed by atoms with van der Waals surface area (Å²) in [7, 11) is 0. The summed E-state index contributed by atoms with van der Waals surface area (Å²) in [6, 6.07) is 7.50. The molecule has 0 atom stereocenters. The molecule has 3 nitrogen and oxygen atoms in total. The minimum Gasteiger partial charge on any atom is -0.396 e. The van der Waals surface area contributed by atoms with Crippen LogP contribution in [-0.4, -0.2) is 4.98 Å². The smallest absolute Gasteiger partial charge is 0.155 e. The second kappa shape index (κ2) is 4.89. The first-order valence-electron chi connectivity index (χ1n) is 4.70. The molecule has 0 bridgehead atoms. The molecule has 0 aliphatic rings. The van der Waals surface area contributed by atoms with Crippen molar-refractivity contribution in [1.82, 2.24) is 4.98 Å². The molecule has 6 heteroatoms. The molecule has 0 unspecified atom stereocenters. The van der Waals surface area contributed by atoms with Crippen LogP contribution in [-0.2, 0) is 0 Å². The van der Waals surface area contributed by atoms with Crippen molar-refractivity contribution in [3.05, 3.63) is 45.8 Å². The van der Waals surface area contributed by atoms with Gasteiger partial charge in [-0.25, -0.2) is 9.37 Å². The maximum absolute atomic E-state index is 13.1. The number of pyridine rings is 1. The van der Waals surface area contributed by atoms with E-state index in [1.807, 2.05) is 0 Å². The molecule has 0 radical (unpaired) electrons. The van der Waals surface area contributed by atoms with Crippen LogP contribution in [0.2, 0.25) is 5.15 Å². The minimum atomic E-state index is -0.351. The van der Waals surface area contributed by atoms with E-state index in [1.165, 1.54) is 12.1 Å². The van der Waals surface area contributed by atoms with Gasteiger partial charge >= 0.3 is 0 Å². The first-order chi connectivity index (χ1) is 8.06. The molecule has 0 aliphatic carbocycles. The summed E-state index contributed by atoms with van der Waals surface area (Å²) >= 11 is 9.06. The van der Waals surface area contributed by atoms with Gasteiger partial charge in [-0.1, -0.05) is 11.6 Å². The molecular formula is C11H8BrClFN3. The Hall–Kier alpha value is -1.33. The van der Waals surface area contributed by atoms with E-state index in [1.54, 1.807) is 18.2 Å². The molecule has 0 saturated carbocycles. The zero-order valence-corrected chi connectivity index (χ0v) is 10.9. The summed E-state index contributed by atoms with van der Waals surface area (Å²) < 4.78 is 13.8. The van der Waals surface area contributed by atoms with E-state index in [2.05, 4.69) is 26.2 Å². The van der Waals surface area contributed by atoms with Gasteiger partial charge in [-0.3, -0.25) is 0 Å². The molecule has 3 N–H and O–H groups in total. The molecule has 17 heavy (non-hydrogen) atoms. The Morgan fingerprint density at radius 3 is 2.82 bits per heavy atom. The van der Waals surface area contributed by atoms with Crippen molar-refractivity contribution < 1.29 is 4.39 Å². The number of nitrogens with zero attached hydrogens (tertiary/aromatic N) is 1. The standard InChI is InChI=1S/C11H8BrClFN3/c12-7-2-1-6(14)5-9(7)16-11-8(15)3-4-10(13)17-11/h1-5H,15H2,(H,16,17). The monoisotopic (exact) mass is 315 g/mol. The third kappa shape index (κ3) is 2.87. The first-order valence-corrected chi connectivity index (χ1v) is 5.87. The van der Waals surface area contributed by atoms with Crippen LogP contribution >= 0.6 is 27.5 Å². The van der Waals surface area contributed by atoms with E-state index in [0.717, 1.165) is 0 Å². The highest BCUT2D eigenvalue weighted by atomic mass is 79.9. The van der Waals surface area contributed by atoms with E-state index < -0.39 is 0 Å². The topological polar surface area (TPSA) is 50.9 Å². The first kappa shape index (κ1) is 12.1. The number of hydrogen-bond donors (Lipinski definition) is 2. The fourth-order valence-electron chi connectivity index (χ4n) is 1.27. The number of rotatable bonds is 2. The number of nitrogens with one attached hydrogen (secondary N) is 1. The fraction of sp³-hybridized carbons (Fsp3) is 0. The number of benzene rings is 1. The Bertz CT molecular complexity index is 513. The van der Waals surface area contributed by atoms with Gasteiger partial charge in [0.1, 0.15) is 11.0 Å². The SMILES string of the molecule is Nc1ccc(Cl)nc1Nc1cc(F)ccc1Br. The molecule has 2 aromatic rings. The van der Waals surface area contributed by atoms with E-state index in [0.29, 0.717) is 26.8 Å². The average molecular weight is 317 g/mol. The second-order valence-corrected chi connectivity index (χ2v) is 4.56. The highest BCUT2D eigenvalue weighted by Crippen LogP contribution is 2.28. The van der Waals surface area contributed by atoms with Crippen molar-refractivity contribution in [3.63, 3.8) is 0 Å². The van der Waals surface area contributed by atoms with Crippen molar-refractivity contribution >= 4 is 44.7 Å². The second-order valence-electron chi connectivity index (χ2n) is 3.32. The maximum atomic E-state index is 13.1. The van der Waals surface area contributed by atoms with Crippen LogP contribution in [0.1, 0.15) is 0 Å². The lowest BCUT2D eigenvalue weighted by Crippen LogP contribution is -2.00. The zero-order chi connectivity index (χ0) is 12.4. The number of aromatic nitrogens is 1. The summed E-state index contributed by atoms with van der Waals surface area (Å²) in [5, 5.41) is 3.23. The molecule has 1 aromatic heterocycles. The van der Waals surface area contributed by atoms with Crippen LogP contribution in [0.3, 0.4) is 0 Å². The Labute approximate surface area is 111 Å². The Balaban J connectivity index is 2.37. The van der Waals surface area contributed by atoms with Gasteiger partial charge in [0, 0.05) is 4.47 Å². The molecule has 0 amide bonds. The number of anilines is 3. The Morgan fingerprint density at radius 1 is 1.29 bits per heavy atom. The number of nitrogens with two attached hydrogens (primary N) is 1. The third-order valence-electron chi connectivity index (χ3n) is 2.07. The highest BCUT2D eigenvalue weighted by molar-refractivity contribution is 9.10. The van der Waals surface area contributed by atoms with Gasteiger partial charge in [0.15, 0.2) is 5.82 Å². The van der Waals surface area contributed by atoms with Crippen molar-refractivity contribution in [2.45, 2.75) is 0 Å². The molecule has 2 rings (SSSR count). The maximum Gasteiger partial charge on any atom is 0.155 e. The van der Waals surface area contributed by atoms with Crippen molar-refractivity contribution in [1.29, 1.82) is 0 Å². The molecule has 88 valence electrons. The lowest BCUT2D eigenvalue weighted by atomic mass is 10.3. The Kier molecular flexibility index (Phi) is 3.49. The molecule has 1 aromatic carbocycles. The summed E-state index contributed by atoms with van der Waals surface area (Å²) in [6.07, 6.45) is 0. The fourth-order valence-corrected chi connectivity index (χ4v) is 1.76. The predicted octanol–water partition coefficient (Wildman–Crippen LogP) is 3.96. The van der Waals surface area contributed by atoms with Gasteiger partial charge in [-0.15, -0.1) is 0 Å². The van der Waals surface area contributed by atoms with Crippen LogP contribution in [0.4, 0.5) is 21.6 Å². The number of hydrogen-bond acceptors (Lipinski definition) is 3. The van der Waals surface area contributed by atoms with E-state index in [-0.39, 0.29) is 5.82 Å². The predicted molar refractivity (Wildman–Crippen MR) is 71.0 cm³/mol. The summed E-state index contributed by atoms with van der Waals surface area (Å²) in [5.74, 6) is 0.0418. The molecular weight excluding hydrogens is 308 g/mol. The quantitative estimate of drug-likeness (QED) is 0.825. The molecule has 0 fully saturated rings. The van der Waals surface area contributed by atoms with Crippen LogP contribution < -0.4 is 11.1 Å². The third-order valence-corrected chi connectivity index (χ3v) is 2.98. The van der Waals surface area contributed by atoms with E-state index >= 15 is 0 Å². The number of nitrogen functional groups attached to an aromatic ring is 1. The molecule has 0 spiro atoms. The van der Waals surface area contributed by atoms with Crippen LogP contribution in [0.5, 0.6) is 0 Å². The van der Waals surface area contributed by atoms with Gasteiger partial charge in [-0.2, -0.15) is 0 Å². The van der Waals surface area contributed by atoms with Crippen LogP contribution in [0.25, 0.3) is 0 Å². The minimum absolute atomic E-state index is 0.314. The van der Waals surface area contributed by atoms with Crippen LogP contribution in [0.15, 0.2) is 34.8 Å². The Morgan fingerprint density at radius 2 is 2.06 bits per heavy atom. The van der Waals surface area contributed by atoms with Gasteiger partial charge < -0.3 is 11.1 Å². The van der Waals surface area contributed by atoms with Crippen molar-refractivity contribution in [2.75, 3.05) is 11.1 Å². The number of halogens is 3. The van der Waals surface area contributed by atoms with Gasteiger partial charge in [0.2, 0.25) is 0 Å². The normalized spacial score (nSPS) is 10.3. The molecule has 0 saturated heterocycles.